The van der Waals surface area contributed by atoms with Crippen LogP contribution in [0, 0.1) is 10.8 Å². The van der Waals surface area contributed by atoms with E-state index in [0.29, 0.717) is 0 Å². The first-order chi connectivity index (χ1) is 6.02. The Kier molecular flexibility index (Phi) is 2.19. The maximum Gasteiger partial charge on any atom is 0.233 e. The van der Waals surface area contributed by atoms with Crippen LogP contribution in [0.25, 0.3) is 0 Å². The van der Waals surface area contributed by atoms with Gasteiger partial charge in [-0.05, 0) is 17.8 Å². The normalized spacial score (nSPS) is 26.9. The van der Waals surface area contributed by atoms with Crippen molar-refractivity contribution in [2.45, 2.75) is 40.2 Å². The van der Waals surface area contributed by atoms with Crippen molar-refractivity contribution in [2.24, 2.45) is 10.8 Å². The van der Waals surface area contributed by atoms with Crippen molar-refractivity contribution in [2.75, 3.05) is 0 Å². The van der Waals surface area contributed by atoms with Gasteiger partial charge in [0.2, 0.25) is 10.0 Å². The highest BCUT2D eigenvalue weighted by molar-refractivity contribution is 7.92. The van der Waals surface area contributed by atoms with Crippen molar-refractivity contribution in [1.82, 2.24) is 4.72 Å². The van der Waals surface area contributed by atoms with Gasteiger partial charge in [0.1, 0.15) is 0 Å². The average molecular weight is 217 g/mol. The molecule has 1 aliphatic carbocycles. The van der Waals surface area contributed by atoms with Crippen molar-refractivity contribution in [3.63, 3.8) is 0 Å². The fourth-order valence-corrected chi connectivity index (χ4v) is 3.34. The quantitative estimate of drug-likeness (QED) is 0.784. The highest BCUT2D eigenvalue weighted by Gasteiger charge is 2.75. The smallest absolute Gasteiger partial charge is 0.208 e. The van der Waals surface area contributed by atoms with Crippen molar-refractivity contribution in [3.8, 4) is 0 Å². The zero-order valence-corrected chi connectivity index (χ0v) is 10.3. The van der Waals surface area contributed by atoms with Crippen molar-refractivity contribution >= 4 is 10.0 Å². The number of hydrogen-bond acceptors (Lipinski definition) is 2. The topological polar surface area (TPSA) is 46.2 Å². The minimum atomic E-state index is -3.34. The molecule has 0 aromatic rings. The van der Waals surface area contributed by atoms with E-state index in [4.69, 9.17) is 0 Å². The Bertz CT molecular complexity index is 352. The second-order valence-electron chi connectivity index (χ2n) is 5.19. The van der Waals surface area contributed by atoms with Gasteiger partial charge in [-0.3, -0.25) is 0 Å². The molecule has 0 bridgehead atoms. The number of nitrogens with one attached hydrogen (secondary N) is 1. The lowest BCUT2D eigenvalue weighted by molar-refractivity contribution is 0.457. The van der Waals surface area contributed by atoms with Crippen LogP contribution in [-0.4, -0.2) is 14.0 Å². The Morgan fingerprint density at radius 3 is 1.64 bits per heavy atom. The number of sulfonamides is 1. The predicted molar refractivity (Wildman–Crippen MR) is 58.2 cm³/mol. The molecule has 0 aromatic carbocycles. The maximum absolute atomic E-state index is 11.4. The summed E-state index contributed by atoms with van der Waals surface area (Å²) >= 11 is 0. The lowest BCUT2D eigenvalue weighted by atomic mass is 10.0. The lowest BCUT2D eigenvalue weighted by Gasteiger charge is -2.16. The Hall–Kier alpha value is -0.350. The van der Waals surface area contributed by atoms with Crippen LogP contribution < -0.4 is 4.72 Å². The van der Waals surface area contributed by atoms with Gasteiger partial charge in [0, 0.05) is 10.9 Å². The number of rotatable bonds is 3. The minimum absolute atomic E-state index is 0.0317. The summed E-state index contributed by atoms with van der Waals surface area (Å²) in [6, 6.07) is 0. The predicted octanol–water partition coefficient (Wildman–Crippen LogP) is 1.87. The van der Waals surface area contributed by atoms with E-state index in [2.05, 4.69) is 39.0 Å². The molecular formula is C10H19NO2S. The molecular weight excluding hydrogens is 198 g/mol. The van der Waals surface area contributed by atoms with E-state index in [1.165, 1.54) is 0 Å². The molecule has 4 heteroatoms. The molecule has 1 N–H and O–H groups in total. The van der Waals surface area contributed by atoms with Gasteiger partial charge < -0.3 is 0 Å². The molecule has 1 fully saturated rings. The third-order valence-electron chi connectivity index (χ3n) is 4.57. The molecule has 0 unspecified atom stereocenters. The highest BCUT2D eigenvalue weighted by atomic mass is 32.2. The van der Waals surface area contributed by atoms with Crippen molar-refractivity contribution in [3.05, 3.63) is 12.0 Å². The Morgan fingerprint density at radius 1 is 1.07 bits per heavy atom. The summed E-state index contributed by atoms with van der Waals surface area (Å²) in [4.78, 5) is 0. The largest absolute Gasteiger partial charge is 0.233 e. The third-order valence-corrected chi connectivity index (χ3v) is 5.70. The lowest BCUT2D eigenvalue weighted by Crippen LogP contribution is -2.38. The maximum atomic E-state index is 11.4. The molecule has 0 aliphatic heterocycles. The fourth-order valence-electron chi connectivity index (χ4n) is 2.18. The summed E-state index contributed by atoms with van der Waals surface area (Å²) in [5.74, 6) is 0. The number of hydrogen-bond donors (Lipinski definition) is 1. The van der Waals surface area contributed by atoms with Gasteiger partial charge in [-0.2, -0.15) is 0 Å². The SMILES string of the molecule is C=CS(=O)(=O)NC1(C)C(C)(C)C1(C)C. The van der Waals surface area contributed by atoms with Crippen LogP contribution in [0.4, 0.5) is 0 Å². The van der Waals surface area contributed by atoms with Crippen LogP contribution >= 0.6 is 0 Å². The van der Waals surface area contributed by atoms with Crippen LogP contribution in [0.1, 0.15) is 34.6 Å². The zero-order chi connectivity index (χ0) is 11.4. The van der Waals surface area contributed by atoms with Crippen LogP contribution in [-0.2, 0) is 10.0 Å². The van der Waals surface area contributed by atoms with Gasteiger partial charge >= 0.3 is 0 Å². The first-order valence-corrected chi connectivity index (χ1v) is 6.23. The monoisotopic (exact) mass is 217 g/mol. The molecule has 0 spiro atoms. The molecule has 14 heavy (non-hydrogen) atoms. The van der Waals surface area contributed by atoms with E-state index in [1.807, 2.05) is 6.92 Å². The van der Waals surface area contributed by atoms with Gasteiger partial charge in [-0.1, -0.05) is 34.3 Å². The fraction of sp³-hybridized carbons (Fsp3) is 0.800. The molecule has 0 saturated heterocycles. The standard InChI is InChI=1S/C10H19NO2S/c1-7-14(12,13)11-10(6)8(2,3)9(10,4)5/h7,11H,1H2,2-6H3. The molecule has 3 nitrogen and oxygen atoms in total. The second-order valence-corrected chi connectivity index (χ2v) is 6.82. The molecule has 1 saturated carbocycles. The van der Waals surface area contributed by atoms with Gasteiger partial charge in [-0.25, -0.2) is 13.1 Å². The van der Waals surface area contributed by atoms with E-state index >= 15 is 0 Å². The Labute approximate surface area is 86.6 Å². The molecule has 0 aromatic heterocycles. The Morgan fingerprint density at radius 2 is 1.43 bits per heavy atom. The van der Waals surface area contributed by atoms with E-state index in [0.717, 1.165) is 5.41 Å². The van der Waals surface area contributed by atoms with Gasteiger partial charge in [-0.15, -0.1) is 0 Å². The average Bonchev–Trinajstić information content (AvgIpc) is 2.28. The summed E-state index contributed by atoms with van der Waals surface area (Å²) in [5.41, 5.74) is -0.445. The summed E-state index contributed by atoms with van der Waals surface area (Å²) in [5, 5.41) is 0.961. The summed E-state index contributed by atoms with van der Waals surface area (Å²) in [6.07, 6.45) is 0. The van der Waals surface area contributed by atoms with Crippen LogP contribution in [0.3, 0.4) is 0 Å². The molecule has 82 valence electrons. The highest BCUT2D eigenvalue weighted by Crippen LogP contribution is 2.71. The molecule has 0 atom stereocenters. The molecule has 1 aliphatic rings. The van der Waals surface area contributed by atoms with Gasteiger partial charge in [0.15, 0.2) is 0 Å². The zero-order valence-electron chi connectivity index (χ0n) is 9.51. The van der Waals surface area contributed by atoms with Crippen molar-refractivity contribution in [1.29, 1.82) is 0 Å². The molecule has 0 radical (unpaired) electrons. The van der Waals surface area contributed by atoms with Crippen LogP contribution in [0.2, 0.25) is 0 Å². The third kappa shape index (κ3) is 1.17. The summed E-state index contributed by atoms with van der Waals surface area (Å²) in [6.45, 7) is 13.5. The van der Waals surface area contributed by atoms with Crippen LogP contribution in [0.5, 0.6) is 0 Å². The minimum Gasteiger partial charge on any atom is -0.208 e. The van der Waals surface area contributed by atoms with Gasteiger partial charge in [0.25, 0.3) is 0 Å². The van der Waals surface area contributed by atoms with Crippen LogP contribution in [0.15, 0.2) is 12.0 Å². The molecule has 1 rings (SSSR count). The first kappa shape index (κ1) is 11.7. The van der Waals surface area contributed by atoms with Gasteiger partial charge in [0.05, 0.1) is 0 Å². The summed E-state index contributed by atoms with van der Waals surface area (Å²) < 4.78 is 25.5. The Balaban J connectivity index is 3.00. The second kappa shape index (κ2) is 2.61. The van der Waals surface area contributed by atoms with E-state index in [1.54, 1.807) is 0 Å². The molecule has 0 amide bonds. The molecule has 0 heterocycles. The first-order valence-electron chi connectivity index (χ1n) is 4.68. The van der Waals surface area contributed by atoms with E-state index < -0.39 is 10.0 Å². The van der Waals surface area contributed by atoms with Crippen molar-refractivity contribution < 1.29 is 8.42 Å². The van der Waals surface area contributed by atoms with E-state index in [9.17, 15) is 8.42 Å². The van der Waals surface area contributed by atoms with E-state index in [-0.39, 0.29) is 16.4 Å². The summed E-state index contributed by atoms with van der Waals surface area (Å²) in [7, 11) is -3.34.